The van der Waals surface area contributed by atoms with Crippen molar-refractivity contribution >= 4 is 5.84 Å². The molecule has 5 heteroatoms. The maximum absolute atomic E-state index is 8.73. The Balaban J connectivity index is 2.45. The van der Waals surface area contributed by atoms with Gasteiger partial charge in [0.25, 0.3) is 0 Å². The Hall–Kier alpha value is -0.810. The first kappa shape index (κ1) is 13.3. The summed E-state index contributed by atoms with van der Waals surface area (Å²) >= 11 is 0. The summed E-state index contributed by atoms with van der Waals surface area (Å²) < 4.78 is 0. The minimum Gasteiger partial charge on any atom is -0.409 e. The van der Waals surface area contributed by atoms with Crippen molar-refractivity contribution in [2.24, 2.45) is 10.9 Å². The molecular weight excluding hydrogens is 204 g/mol. The van der Waals surface area contributed by atoms with Crippen LogP contribution in [0.4, 0.5) is 0 Å². The molecule has 0 aromatic heterocycles. The van der Waals surface area contributed by atoms with Crippen LogP contribution in [0.25, 0.3) is 0 Å². The standard InChI is InChI=1S/C11H24N4O/c1-3-5-14-6-8-15(9-7-14)10(4-2)11(12)13-16/h10,16H,3-9H2,1-2H3,(H2,12,13). The molecular formula is C11H24N4O. The second-order valence-electron chi connectivity index (χ2n) is 4.33. The van der Waals surface area contributed by atoms with Gasteiger partial charge in [0.1, 0.15) is 0 Å². The number of nitrogens with zero attached hydrogens (tertiary/aromatic N) is 3. The van der Waals surface area contributed by atoms with Gasteiger partial charge in [0.05, 0.1) is 6.04 Å². The first-order chi connectivity index (χ1) is 7.72. The first-order valence-corrected chi connectivity index (χ1v) is 6.16. The average Bonchev–Trinajstić information content (AvgIpc) is 2.32. The molecule has 16 heavy (non-hydrogen) atoms. The summed E-state index contributed by atoms with van der Waals surface area (Å²) in [5, 5.41) is 11.9. The lowest BCUT2D eigenvalue weighted by atomic mass is 10.1. The number of piperazine rings is 1. The van der Waals surface area contributed by atoms with Crippen LogP contribution in [0, 0.1) is 0 Å². The highest BCUT2D eigenvalue weighted by molar-refractivity contribution is 5.85. The van der Waals surface area contributed by atoms with E-state index < -0.39 is 0 Å². The summed E-state index contributed by atoms with van der Waals surface area (Å²) in [5.41, 5.74) is 5.70. The molecule has 0 spiro atoms. The third-order valence-corrected chi connectivity index (χ3v) is 3.23. The van der Waals surface area contributed by atoms with Gasteiger partial charge in [-0.3, -0.25) is 4.90 Å². The maximum Gasteiger partial charge on any atom is 0.156 e. The Kier molecular flexibility index (Phi) is 5.55. The molecule has 1 heterocycles. The number of hydrogen-bond donors (Lipinski definition) is 2. The summed E-state index contributed by atoms with van der Waals surface area (Å²) in [6, 6.07) is 0.0915. The van der Waals surface area contributed by atoms with Crippen molar-refractivity contribution in [1.82, 2.24) is 9.80 Å². The fourth-order valence-corrected chi connectivity index (χ4v) is 2.34. The van der Waals surface area contributed by atoms with Crippen molar-refractivity contribution in [1.29, 1.82) is 0 Å². The minimum absolute atomic E-state index is 0.0915. The van der Waals surface area contributed by atoms with Gasteiger partial charge in [0, 0.05) is 26.2 Å². The number of hydrogen-bond acceptors (Lipinski definition) is 4. The Morgan fingerprint density at radius 2 is 1.94 bits per heavy atom. The van der Waals surface area contributed by atoms with Gasteiger partial charge in [-0.2, -0.15) is 0 Å². The minimum atomic E-state index is 0.0915. The zero-order valence-corrected chi connectivity index (χ0v) is 10.4. The molecule has 0 amide bonds. The van der Waals surface area contributed by atoms with Gasteiger partial charge in [-0.25, -0.2) is 0 Å². The zero-order valence-electron chi connectivity index (χ0n) is 10.4. The summed E-state index contributed by atoms with van der Waals surface area (Å²) in [5.74, 6) is 0.339. The molecule has 1 atom stereocenters. The van der Waals surface area contributed by atoms with E-state index in [0.717, 1.165) is 32.6 Å². The molecule has 0 radical (unpaired) electrons. The lowest BCUT2D eigenvalue weighted by molar-refractivity contribution is 0.114. The van der Waals surface area contributed by atoms with Crippen molar-refractivity contribution in [3.05, 3.63) is 0 Å². The molecule has 0 saturated carbocycles. The van der Waals surface area contributed by atoms with E-state index in [2.05, 4.69) is 28.8 Å². The molecule has 1 aliphatic heterocycles. The number of nitrogens with two attached hydrogens (primary N) is 1. The fourth-order valence-electron chi connectivity index (χ4n) is 2.34. The number of oxime groups is 1. The van der Waals surface area contributed by atoms with Crippen LogP contribution in [0.1, 0.15) is 26.7 Å². The van der Waals surface area contributed by atoms with Crippen molar-refractivity contribution in [3.8, 4) is 0 Å². The second kappa shape index (κ2) is 6.70. The summed E-state index contributed by atoms with van der Waals surface area (Å²) in [4.78, 5) is 4.77. The Morgan fingerprint density at radius 3 is 2.38 bits per heavy atom. The summed E-state index contributed by atoms with van der Waals surface area (Å²) in [6.45, 7) is 9.64. The highest BCUT2D eigenvalue weighted by atomic mass is 16.4. The summed E-state index contributed by atoms with van der Waals surface area (Å²) in [6.07, 6.45) is 2.10. The molecule has 1 fully saturated rings. The van der Waals surface area contributed by atoms with Crippen LogP contribution >= 0.6 is 0 Å². The molecule has 1 rings (SSSR count). The van der Waals surface area contributed by atoms with E-state index >= 15 is 0 Å². The Labute approximate surface area is 97.9 Å². The van der Waals surface area contributed by atoms with E-state index in [4.69, 9.17) is 10.9 Å². The number of rotatable bonds is 5. The predicted molar refractivity (Wildman–Crippen MR) is 65.8 cm³/mol. The highest BCUT2D eigenvalue weighted by Gasteiger charge is 2.24. The molecule has 3 N–H and O–H groups in total. The Bertz CT molecular complexity index is 224. The van der Waals surface area contributed by atoms with Gasteiger partial charge in [0.2, 0.25) is 0 Å². The molecule has 1 unspecified atom stereocenters. The van der Waals surface area contributed by atoms with E-state index in [1.165, 1.54) is 13.0 Å². The smallest absolute Gasteiger partial charge is 0.156 e. The second-order valence-corrected chi connectivity index (χ2v) is 4.33. The molecule has 0 aromatic rings. The quantitative estimate of drug-likeness (QED) is 0.312. The zero-order chi connectivity index (χ0) is 12.0. The predicted octanol–water partition coefficient (Wildman–Crippen LogP) is 0.539. The van der Waals surface area contributed by atoms with Crippen LogP contribution in [-0.2, 0) is 0 Å². The van der Waals surface area contributed by atoms with Gasteiger partial charge < -0.3 is 15.8 Å². The van der Waals surface area contributed by atoms with Crippen molar-refractivity contribution < 1.29 is 5.21 Å². The molecule has 94 valence electrons. The van der Waals surface area contributed by atoms with Crippen molar-refractivity contribution in [3.63, 3.8) is 0 Å². The third kappa shape index (κ3) is 3.35. The van der Waals surface area contributed by atoms with Crippen LogP contribution in [0.5, 0.6) is 0 Å². The van der Waals surface area contributed by atoms with E-state index in [-0.39, 0.29) is 6.04 Å². The van der Waals surface area contributed by atoms with Crippen molar-refractivity contribution in [2.45, 2.75) is 32.7 Å². The topological polar surface area (TPSA) is 65.1 Å². The van der Waals surface area contributed by atoms with Crippen molar-refractivity contribution in [2.75, 3.05) is 32.7 Å². The van der Waals surface area contributed by atoms with Gasteiger partial charge in [-0.05, 0) is 19.4 Å². The Morgan fingerprint density at radius 1 is 1.31 bits per heavy atom. The fraction of sp³-hybridized carbons (Fsp3) is 0.909. The van der Waals surface area contributed by atoms with Crippen LogP contribution in [0.2, 0.25) is 0 Å². The van der Waals surface area contributed by atoms with E-state index in [0.29, 0.717) is 5.84 Å². The van der Waals surface area contributed by atoms with Crippen LogP contribution in [0.3, 0.4) is 0 Å². The van der Waals surface area contributed by atoms with Gasteiger partial charge in [-0.15, -0.1) is 0 Å². The van der Waals surface area contributed by atoms with Gasteiger partial charge in [-0.1, -0.05) is 19.0 Å². The third-order valence-electron chi connectivity index (χ3n) is 3.23. The molecule has 0 aromatic carbocycles. The van der Waals surface area contributed by atoms with E-state index in [1.807, 2.05) is 0 Å². The average molecular weight is 228 g/mol. The highest BCUT2D eigenvalue weighted by Crippen LogP contribution is 2.09. The monoisotopic (exact) mass is 228 g/mol. The largest absolute Gasteiger partial charge is 0.409 e. The number of amidine groups is 1. The van der Waals surface area contributed by atoms with Gasteiger partial charge >= 0.3 is 0 Å². The molecule has 0 bridgehead atoms. The molecule has 1 saturated heterocycles. The lowest BCUT2D eigenvalue weighted by Crippen LogP contribution is -2.54. The molecule has 1 aliphatic rings. The SMILES string of the molecule is CCCN1CCN(C(CC)C(N)=NO)CC1. The lowest BCUT2D eigenvalue weighted by Gasteiger charge is -2.38. The van der Waals surface area contributed by atoms with E-state index in [1.54, 1.807) is 0 Å². The van der Waals surface area contributed by atoms with Crippen LogP contribution in [0.15, 0.2) is 5.16 Å². The molecule has 5 nitrogen and oxygen atoms in total. The maximum atomic E-state index is 8.73. The normalized spacial score (nSPS) is 22.2. The van der Waals surface area contributed by atoms with Crippen LogP contribution in [-0.4, -0.2) is 59.6 Å². The first-order valence-electron chi connectivity index (χ1n) is 6.16. The summed E-state index contributed by atoms with van der Waals surface area (Å²) in [7, 11) is 0. The van der Waals surface area contributed by atoms with Crippen LogP contribution < -0.4 is 5.73 Å². The van der Waals surface area contributed by atoms with E-state index in [9.17, 15) is 0 Å². The van der Waals surface area contributed by atoms with Gasteiger partial charge in [0.15, 0.2) is 5.84 Å². The molecule has 0 aliphatic carbocycles.